The third kappa shape index (κ3) is 2.76. The average molecular weight is 230 g/mol. The van der Waals surface area contributed by atoms with E-state index in [-0.39, 0.29) is 18.9 Å². The highest BCUT2D eigenvalue weighted by atomic mass is 19.4. The molecule has 88 valence electrons. The second kappa shape index (κ2) is 4.45. The number of benzene rings is 1. The first-order valence-corrected chi connectivity index (χ1v) is 5.28. The maximum absolute atomic E-state index is 12.2. The van der Waals surface area contributed by atoms with E-state index < -0.39 is 12.1 Å². The van der Waals surface area contributed by atoms with Crippen LogP contribution in [0, 0.1) is 5.92 Å². The Morgan fingerprint density at radius 3 is 2.31 bits per heavy atom. The van der Waals surface area contributed by atoms with Crippen molar-refractivity contribution in [3.63, 3.8) is 0 Å². The SMILES string of the molecule is FC(F)(F)[C@H]1C[C@H](OCc2ccccc2)C1. The highest BCUT2D eigenvalue weighted by Crippen LogP contribution is 2.42. The molecule has 0 aliphatic heterocycles. The molecule has 0 radical (unpaired) electrons. The molecule has 1 aromatic rings. The van der Waals surface area contributed by atoms with E-state index in [1.165, 1.54) is 0 Å². The third-order valence-electron chi connectivity index (χ3n) is 2.89. The second-order valence-electron chi connectivity index (χ2n) is 4.13. The number of alkyl halides is 3. The fraction of sp³-hybridized carbons (Fsp3) is 0.500. The van der Waals surface area contributed by atoms with Crippen molar-refractivity contribution in [1.29, 1.82) is 0 Å². The number of hydrogen-bond donors (Lipinski definition) is 0. The molecule has 1 fully saturated rings. The summed E-state index contributed by atoms with van der Waals surface area (Å²) >= 11 is 0. The van der Waals surface area contributed by atoms with Gasteiger partial charge < -0.3 is 4.74 Å². The molecule has 0 unspecified atom stereocenters. The van der Waals surface area contributed by atoms with Gasteiger partial charge in [0.05, 0.1) is 18.6 Å². The van der Waals surface area contributed by atoms with Gasteiger partial charge in [0.2, 0.25) is 0 Å². The molecular weight excluding hydrogens is 217 g/mol. The topological polar surface area (TPSA) is 9.23 Å². The van der Waals surface area contributed by atoms with Crippen LogP contribution in [0.5, 0.6) is 0 Å². The lowest BCUT2D eigenvalue weighted by atomic mass is 9.82. The van der Waals surface area contributed by atoms with Crippen LogP contribution in [0.25, 0.3) is 0 Å². The van der Waals surface area contributed by atoms with E-state index >= 15 is 0 Å². The van der Waals surface area contributed by atoms with Gasteiger partial charge in [-0.3, -0.25) is 0 Å². The zero-order chi connectivity index (χ0) is 11.6. The van der Waals surface area contributed by atoms with Crippen LogP contribution < -0.4 is 0 Å². The molecule has 4 heteroatoms. The number of ether oxygens (including phenoxy) is 1. The van der Waals surface area contributed by atoms with Crippen LogP contribution in [-0.2, 0) is 11.3 Å². The maximum atomic E-state index is 12.2. The Morgan fingerprint density at radius 1 is 1.12 bits per heavy atom. The second-order valence-corrected chi connectivity index (χ2v) is 4.13. The molecule has 16 heavy (non-hydrogen) atoms. The highest BCUT2D eigenvalue weighted by molar-refractivity contribution is 5.13. The highest BCUT2D eigenvalue weighted by Gasteiger charge is 2.48. The van der Waals surface area contributed by atoms with Gasteiger partial charge in [-0.05, 0) is 18.4 Å². The number of hydrogen-bond acceptors (Lipinski definition) is 1. The lowest BCUT2D eigenvalue weighted by molar-refractivity contribution is -0.221. The molecule has 0 spiro atoms. The van der Waals surface area contributed by atoms with E-state index in [0.29, 0.717) is 6.61 Å². The Labute approximate surface area is 92.2 Å². The minimum Gasteiger partial charge on any atom is -0.374 e. The van der Waals surface area contributed by atoms with Crippen LogP contribution in [0.15, 0.2) is 30.3 Å². The van der Waals surface area contributed by atoms with Crippen molar-refractivity contribution < 1.29 is 17.9 Å². The Balaban J connectivity index is 1.71. The van der Waals surface area contributed by atoms with Gasteiger partial charge in [0.15, 0.2) is 0 Å². The summed E-state index contributed by atoms with van der Waals surface area (Å²) in [6.07, 6.45) is -4.06. The largest absolute Gasteiger partial charge is 0.392 e. The molecule has 0 aromatic heterocycles. The van der Waals surface area contributed by atoms with Gasteiger partial charge in [-0.25, -0.2) is 0 Å². The molecule has 1 aromatic carbocycles. The van der Waals surface area contributed by atoms with E-state index in [1.807, 2.05) is 30.3 Å². The van der Waals surface area contributed by atoms with Crippen LogP contribution in [0.4, 0.5) is 13.2 Å². The van der Waals surface area contributed by atoms with E-state index in [0.717, 1.165) is 5.56 Å². The van der Waals surface area contributed by atoms with Crippen LogP contribution in [-0.4, -0.2) is 12.3 Å². The maximum Gasteiger partial charge on any atom is 0.392 e. The van der Waals surface area contributed by atoms with E-state index in [9.17, 15) is 13.2 Å². The Kier molecular flexibility index (Phi) is 3.19. The molecule has 1 aliphatic rings. The van der Waals surface area contributed by atoms with Crippen LogP contribution >= 0.6 is 0 Å². The summed E-state index contributed by atoms with van der Waals surface area (Å²) in [6, 6.07) is 9.47. The zero-order valence-corrected chi connectivity index (χ0v) is 8.70. The first-order valence-electron chi connectivity index (χ1n) is 5.28. The lowest BCUT2D eigenvalue weighted by Gasteiger charge is -2.36. The molecule has 0 N–H and O–H groups in total. The van der Waals surface area contributed by atoms with Gasteiger partial charge in [-0.2, -0.15) is 13.2 Å². The molecule has 1 aliphatic carbocycles. The van der Waals surface area contributed by atoms with Crippen molar-refractivity contribution in [3.05, 3.63) is 35.9 Å². The molecule has 0 atom stereocenters. The summed E-state index contributed by atoms with van der Waals surface area (Å²) in [5.41, 5.74) is 0.998. The number of halogens is 3. The van der Waals surface area contributed by atoms with Crippen molar-refractivity contribution in [2.45, 2.75) is 31.7 Å². The summed E-state index contributed by atoms with van der Waals surface area (Å²) in [5, 5.41) is 0. The van der Waals surface area contributed by atoms with Crippen molar-refractivity contribution >= 4 is 0 Å². The summed E-state index contributed by atoms with van der Waals surface area (Å²) < 4.78 is 41.9. The summed E-state index contributed by atoms with van der Waals surface area (Å²) in [4.78, 5) is 0. The molecule has 0 heterocycles. The summed E-state index contributed by atoms with van der Waals surface area (Å²) in [5.74, 6) is -1.16. The van der Waals surface area contributed by atoms with Gasteiger partial charge in [-0.1, -0.05) is 30.3 Å². The third-order valence-corrected chi connectivity index (χ3v) is 2.89. The molecular formula is C12H13F3O. The quantitative estimate of drug-likeness (QED) is 0.771. The predicted molar refractivity (Wildman–Crippen MR) is 53.8 cm³/mol. The van der Waals surface area contributed by atoms with Gasteiger partial charge in [-0.15, -0.1) is 0 Å². The van der Waals surface area contributed by atoms with E-state index in [1.54, 1.807) is 0 Å². The minimum atomic E-state index is -4.05. The van der Waals surface area contributed by atoms with Crippen LogP contribution in [0.1, 0.15) is 18.4 Å². The zero-order valence-electron chi connectivity index (χ0n) is 8.70. The Hall–Kier alpha value is -1.03. The van der Waals surface area contributed by atoms with Gasteiger partial charge in [0, 0.05) is 0 Å². The summed E-state index contributed by atoms with van der Waals surface area (Å²) in [7, 11) is 0. The molecule has 1 saturated carbocycles. The monoisotopic (exact) mass is 230 g/mol. The fourth-order valence-corrected chi connectivity index (χ4v) is 1.76. The molecule has 0 amide bonds. The molecule has 0 bridgehead atoms. The predicted octanol–water partition coefficient (Wildman–Crippen LogP) is 3.54. The molecule has 2 rings (SSSR count). The van der Waals surface area contributed by atoms with Gasteiger partial charge in [0.1, 0.15) is 0 Å². The smallest absolute Gasteiger partial charge is 0.374 e. The minimum absolute atomic E-state index is 0.107. The normalized spacial score (nSPS) is 25.2. The average Bonchev–Trinajstić information content (AvgIpc) is 2.15. The van der Waals surface area contributed by atoms with Crippen molar-refractivity contribution in [2.24, 2.45) is 5.92 Å². The van der Waals surface area contributed by atoms with Crippen LogP contribution in [0.3, 0.4) is 0 Å². The van der Waals surface area contributed by atoms with Crippen molar-refractivity contribution in [2.75, 3.05) is 0 Å². The first kappa shape index (κ1) is 11.5. The Morgan fingerprint density at radius 2 is 1.75 bits per heavy atom. The van der Waals surface area contributed by atoms with E-state index in [4.69, 9.17) is 4.74 Å². The van der Waals surface area contributed by atoms with E-state index in [2.05, 4.69) is 0 Å². The first-order chi connectivity index (χ1) is 7.55. The van der Waals surface area contributed by atoms with Gasteiger partial charge in [0.25, 0.3) is 0 Å². The van der Waals surface area contributed by atoms with Crippen molar-refractivity contribution in [1.82, 2.24) is 0 Å². The molecule has 0 saturated heterocycles. The van der Waals surface area contributed by atoms with Gasteiger partial charge >= 0.3 is 6.18 Å². The Bertz CT molecular complexity index is 328. The van der Waals surface area contributed by atoms with Crippen molar-refractivity contribution in [3.8, 4) is 0 Å². The fourth-order valence-electron chi connectivity index (χ4n) is 1.76. The molecule has 1 nitrogen and oxygen atoms in total. The summed E-state index contributed by atoms with van der Waals surface area (Å²) in [6.45, 7) is 0.399. The lowest BCUT2D eigenvalue weighted by Crippen LogP contribution is -2.40. The standard InChI is InChI=1S/C12H13F3O/c13-12(14,15)10-6-11(7-10)16-8-9-4-2-1-3-5-9/h1-5,10-11H,6-8H2/t10-,11-. The number of rotatable bonds is 3. The van der Waals surface area contributed by atoms with Crippen LogP contribution in [0.2, 0.25) is 0 Å².